The molecule has 0 bridgehead atoms. The molecule has 30 heavy (non-hydrogen) atoms. The van der Waals surface area contributed by atoms with Crippen LogP contribution in [0.1, 0.15) is 37.3 Å². The molecule has 0 radical (unpaired) electrons. The summed E-state index contributed by atoms with van der Waals surface area (Å²) in [4.78, 5) is 32.5. The highest BCUT2D eigenvalue weighted by Gasteiger charge is 2.30. The van der Waals surface area contributed by atoms with Crippen LogP contribution in [0.25, 0.3) is 10.2 Å². The first kappa shape index (κ1) is 19.1. The van der Waals surface area contributed by atoms with Gasteiger partial charge in [0.1, 0.15) is 4.83 Å². The molecule has 1 fully saturated rings. The van der Waals surface area contributed by atoms with Crippen molar-refractivity contribution in [2.75, 3.05) is 19.8 Å². The summed E-state index contributed by atoms with van der Waals surface area (Å²) in [6.45, 7) is 2.36. The van der Waals surface area contributed by atoms with Gasteiger partial charge in [0.15, 0.2) is 11.5 Å². The molecular weight excluding hydrogens is 402 g/mol. The van der Waals surface area contributed by atoms with Crippen LogP contribution in [0.5, 0.6) is 11.5 Å². The molecule has 156 valence electrons. The SMILES string of the molecule is O=C(CCn1cnc2sccc2c1=O)N1CCCC1c1ccc2c(c1)OCCCO2. The van der Waals surface area contributed by atoms with Gasteiger partial charge in [0.05, 0.1) is 31.0 Å². The smallest absolute Gasteiger partial charge is 0.262 e. The fourth-order valence-corrected chi connectivity index (χ4v) is 4.93. The molecule has 2 aliphatic rings. The Labute approximate surface area is 177 Å². The average molecular weight is 426 g/mol. The Bertz CT molecular complexity index is 1140. The summed E-state index contributed by atoms with van der Waals surface area (Å²) >= 11 is 1.45. The lowest BCUT2D eigenvalue weighted by Gasteiger charge is -2.26. The van der Waals surface area contributed by atoms with E-state index in [1.165, 1.54) is 15.9 Å². The first-order valence-electron chi connectivity index (χ1n) is 10.3. The lowest BCUT2D eigenvalue weighted by Crippen LogP contribution is -2.32. The maximum Gasteiger partial charge on any atom is 0.262 e. The van der Waals surface area contributed by atoms with Crippen LogP contribution in [-0.4, -0.2) is 40.1 Å². The van der Waals surface area contributed by atoms with E-state index in [9.17, 15) is 9.59 Å². The van der Waals surface area contributed by atoms with E-state index in [-0.39, 0.29) is 23.9 Å². The van der Waals surface area contributed by atoms with Gasteiger partial charge in [0.2, 0.25) is 5.91 Å². The van der Waals surface area contributed by atoms with Crippen LogP contribution in [0, 0.1) is 0 Å². The normalized spacial score (nSPS) is 18.5. The van der Waals surface area contributed by atoms with Crippen molar-refractivity contribution >= 4 is 27.5 Å². The summed E-state index contributed by atoms with van der Waals surface area (Å²) in [5.74, 6) is 1.58. The van der Waals surface area contributed by atoms with Gasteiger partial charge in [0.25, 0.3) is 5.56 Å². The van der Waals surface area contributed by atoms with Gasteiger partial charge >= 0.3 is 0 Å². The van der Waals surface area contributed by atoms with Crippen LogP contribution >= 0.6 is 11.3 Å². The molecule has 0 saturated carbocycles. The van der Waals surface area contributed by atoms with Crippen LogP contribution < -0.4 is 15.0 Å². The number of hydrogen-bond donors (Lipinski definition) is 0. The van der Waals surface area contributed by atoms with E-state index >= 15 is 0 Å². The summed E-state index contributed by atoms with van der Waals surface area (Å²) in [6, 6.07) is 7.80. The maximum absolute atomic E-state index is 13.0. The number of likely N-dealkylation sites (tertiary alicyclic amines) is 1. The molecule has 5 rings (SSSR count). The van der Waals surface area contributed by atoms with Crippen molar-refractivity contribution < 1.29 is 14.3 Å². The molecular formula is C22H23N3O4S. The molecule has 2 aliphatic heterocycles. The summed E-state index contributed by atoms with van der Waals surface area (Å²) < 4.78 is 13.1. The van der Waals surface area contributed by atoms with Crippen molar-refractivity contribution in [2.45, 2.75) is 38.3 Å². The molecule has 0 spiro atoms. The van der Waals surface area contributed by atoms with E-state index in [2.05, 4.69) is 4.98 Å². The zero-order chi connectivity index (χ0) is 20.5. The number of fused-ring (bicyclic) bond motifs is 2. The molecule has 0 aliphatic carbocycles. The topological polar surface area (TPSA) is 73.7 Å². The Morgan fingerprint density at radius 3 is 2.93 bits per heavy atom. The average Bonchev–Trinajstić information content (AvgIpc) is 3.38. The lowest BCUT2D eigenvalue weighted by molar-refractivity contribution is -0.132. The van der Waals surface area contributed by atoms with Gasteiger partial charge in [-0.2, -0.15) is 0 Å². The van der Waals surface area contributed by atoms with E-state index in [0.29, 0.717) is 25.1 Å². The Hall–Kier alpha value is -2.87. The highest BCUT2D eigenvalue weighted by atomic mass is 32.1. The van der Waals surface area contributed by atoms with Gasteiger partial charge in [0, 0.05) is 25.9 Å². The van der Waals surface area contributed by atoms with Crippen molar-refractivity contribution in [2.24, 2.45) is 0 Å². The first-order valence-corrected chi connectivity index (χ1v) is 11.2. The number of amides is 1. The number of thiophene rings is 1. The van der Waals surface area contributed by atoms with Gasteiger partial charge in [-0.3, -0.25) is 14.2 Å². The molecule has 8 heteroatoms. The quantitative estimate of drug-likeness (QED) is 0.641. The van der Waals surface area contributed by atoms with Gasteiger partial charge in [-0.05, 0) is 42.0 Å². The Morgan fingerprint density at radius 2 is 2.03 bits per heavy atom. The number of ether oxygens (including phenoxy) is 2. The molecule has 1 aromatic carbocycles. The largest absolute Gasteiger partial charge is 0.490 e. The van der Waals surface area contributed by atoms with Gasteiger partial charge in [-0.1, -0.05) is 6.07 Å². The zero-order valence-electron chi connectivity index (χ0n) is 16.6. The van der Waals surface area contributed by atoms with Crippen LogP contribution in [0.2, 0.25) is 0 Å². The van der Waals surface area contributed by atoms with Gasteiger partial charge in [-0.25, -0.2) is 4.98 Å². The summed E-state index contributed by atoms with van der Waals surface area (Å²) in [6.07, 6.45) is 4.57. The Balaban J connectivity index is 1.31. The van der Waals surface area contributed by atoms with E-state index in [4.69, 9.17) is 9.47 Å². The first-order chi connectivity index (χ1) is 14.7. The van der Waals surface area contributed by atoms with Crippen LogP contribution in [0.3, 0.4) is 0 Å². The molecule has 7 nitrogen and oxygen atoms in total. The number of nitrogens with zero attached hydrogens (tertiary/aromatic N) is 3. The molecule has 4 heterocycles. The van der Waals surface area contributed by atoms with Crippen molar-refractivity contribution in [1.82, 2.24) is 14.5 Å². The predicted molar refractivity (Wildman–Crippen MR) is 114 cm³/mol. The third kappa shape index (κ3) is 3.56. The van der Waals surface area contributed by atoms with E-state index < -0.39 is 0 Å². The van der Waals surface area contributed by atoms with Crippen LogP contribution in [0.15, 0.2) is 40.8 Å². The standard InChI is InChI=1S/C22H23N3O4S/c26-20(6-9-24-14-23-21-16(22(24)27)7-12-30-21)25-8-1-3-17(25)15-4-5-18-19(13-15)29-11-2-10-28-18/h4-5,7,12-14,17H,1-3,6,8-11H2. The van der Waals surface area contributed by atoms with E-state index in [1.54, 1.807) is 12.4 Å². The minimum absolute atomic E-state index is 0.0313. The van der Waals surface area contributed by atoms with Crippen LogP contribution in [0.4, 0.5) is 0 Å². The van der Waals surface area contributed by atoms with Crippen molar-refractivity contribution in [3.8, 4) is 11.5 Å². The molecule has 0 N–H and O–H groups in total. The van der Waals surface area contributed by atoms with Crippen molar-refractivity contribution in [3.05, 3.63) is 51.9 Å². The molecule has 1 amide bonds. The third-order valence-corrected chi connectivity index (χ3v) is 6.57. The fraction of sp³-hybridized carbons (Fsp3) is 0.409. The number of aromatic nitrogens is 2. The minimum atomic E-state index is -0.0880. The highest BCUT2D eigenvalue weighted by Crippen LogP contribution is 2.38. The van der Waals surface area contributed by atoms with Gasteiger partial charge in [-0.15, -0.1) is 11.3 Å². The zero-order valence-corrected chi connectivity index (χ0v) is 17.4. The molecule has 2 aromatic heterocycles. The van der Waals surface area contributed by atoms with Gasteiger partial charge < -0.3 is 14.4 Å². The number of benzene rings is 1. The van der Waals surface area contributed by atoms with Crippen molar-refractivity contribution in [3.63, 3.8) is 0 Å². The van der Waals surface area contributed by atoms with Crippen LogP contribution in [-0.2, 0) is 11.3 Å². The number of carbonyl (C=O) groups is 1. The molecule has 1 atom stereocenters. The Kier molecular flexibility index (Phi) is 5.16. The monoisotopic (exact) mass is 425 g/mol. The summed E-state index contributed by atoms with van der Waals surface area (Å²) in [5.41, 5.74) is 0.985. The fourth-order valence-electron chi connectivity index (χ4n) is 4.21. The molecule has 1 unspecified atom stereocenters. The summed E-state index contributed by atoms with van der Waals surface area (Å²) in [7, 11) is 0. The Morgan fingerprint density at radius 1 is 1.17 bits per heavy atom. The predicted octanol–water partition coefficient (Wildman–Crippen LogP) is 3.37. The molecule has 1 saturated heterocycles. The molecule has 3 aromatic rings. The number of rotatable bonds is 4. The third-order valence-electron chi connectivity index (χ3n) is 5.75. The second-order valence-corrected chi connectivity index (χ2v) is 8.53. The van der Waals surface area contributed by atoms with E-state index in [1.807, 2.05) is 28.5 Å². The number of carbonyl (C=O) groups excluding carboxylic acids is 1. The summed E-state index contributed by atoms with van der Waals surface area (Å²) in [5, 5.41) is 2.47. The van der Waals surface area contributed by atoms with E-state index in [0.717, 1.165) is 47.7 Å². The second kappa shape index (κ2) is 8.10. The number of hydrogen-bond acceptors (Lipinski definition) is 6. The second-order valence-electron chi connectivity index (χ2n) is 7.63. The maximum atomic E-state index is 13.0. The minimum Gasteiger partial charge on any atom is -0.490 e. The lowest BCUT2D eigenvalue weighted by atomic mass is 10.0. The number of aryl methyl sites for hydroxylation is 1. The highest BCUT2D eigenvalue weighted by molar-refractivity contribution is 7.16. The van der Waals surface area contributed by atoms with Crippen molar-refractivity contribution in [1.29, 1.82) is 0 Å².